The number of benzene rings is 1. The molecule has 0 radical (unpaired) electrons. The van der Waals surface area contributed by atoms with Gasteiger partial charge >= 0.3 is 0 Å². The molecule has 1 aromatic carbocycles. The van der Waals surface area contributed by atoms with Gasteiger partial charge in [-0.3, -0.25) is 11.3 Å². The Hall–Kier alpha value is -1.04. The Morgan fingerprint density at radius 2 is 2.00 bits per heavy atom. The fraction of sp³-hybridized carbons (Fsp3) is 0.571. The predicted octanol–water partition coefficient (Wildman–Crippen LogP) is 2.40. The van der Waals surface area contributed by atoms with Crippen LogP contribution < -0.4 is 11.3 Å². The second-order valence-corrected chi connectivity index (χ2v) is 4.88. The molecule has 0 heterocycles. The van der Waals surface area contributed by atoms with Gasteiger partial charge in [-0.05, 0) is 30.9 Å². The average molecular weight is 272 g/mol. The van der Waals surface area contributed by atoms with Crippen LogP contribution in [0.4, 0.5) is 8.78 Å². The van der Waals surface area contributed by atoms with Gasteiger partial charge in [0.1, 0.15) is 11.6 Å². The molecule has 0 aliphatic rings. The quantitative estimate of drug-likeness (QED) is 0.592. The van der Waals surface area contributed by atoms with E-state index in [2.05, 4.69) is 5.43 Å². The van der Waals surface area contributed by atoms with E-state index in [0.717, 1.165) is 6.07 Å². The first-order valence-electron chi connectivity index (χ1n) is 6.51. The molecular formula is C14H22F2N2O. The van der Waals surface area contributed by atoms with Crippen LogP contribution in [0.1, 0.15) is 26.3 Å². The van der Waals surface area contributed by atoms with Crippen LogP contribution in [-0.4, -0.2) is 18.8 Å². The molecule has 0 spiro atoms. The number of ether oxygens (including phenoxy) is 1. The highest BCUT2D eigenvalue weighted by atomic mass is 19.1. The van der Waals surface area contributed by atoms with Crippen molar-refractivity contribution in [2.75, 3.05) is 6.61 Å². The molecule has 0 saturated heterocycles. The highest BCUT2D eigenvalue weighted by molar-refractivity contribution is 5.20. The molecule has 3 N–H and O–H groups in total. The van der Waals surface area contributed by atoms with Crippen LogP contribution in [0.2, 0.25) is 0 Å². The molecule has 2 unspecified atom stereocenters. The molecular weight excluding hydrogens is 250 g/mol. The van der Waals surface area contributed by atoms with Crippen LogP contribution in [0.25, 0.3) is 0 Å². The Morgan fingerprint density at radius 1 is 1.32 bits per heavy atom. The zero-order valence-corrected chi connectivity index (χ0v) is 11.6. The van der Waals surface area contributed by atoms with Gasteiger partial charge in [-0.15, -0.1) is 0 Å². The van der Waals surface area contributed by atoms with Gasteiger partial charge in [-0.1, -0.05) is 19.9 Å². The molecule has 0 saturated carbocycles. The monoisotopic (exact) mass is 272 g/mol. The highest BCUT2D eigenvalue weighted by Crippen LogP contribution is 2.17. The van der Waals surface area contributed by atoms with Gasteiger partial charge in [0.05, 0.1) is 12.1 Å². The maximum atomic E-state index is 13.6. The van der Waals surface area contributed by atoms with Crippen molar-refractivity contribution in [3.8, 4) is 0 Å². The lowest BCUT2D eigenvalue weighted by atomic mass is 9.94. The van der Waals surface area contributed by atoms with Gasteiger partial charge in [0, 0.05) is 12.7 Å². The fourth-order valence-electron chi connectivity index (χ4n) is 2.16. The molecule has 19 heavy (non-hydrogen) atoms. The summed E-state index contributed by atoms with van der Waals surface area (Å²) in [6, 6.07) is 3.35. The van der Waals surface area contributed by atoms with E-state index in [9.17, 15) is 8.78 Å². The molecule has 0 amide bonds. The van der Waals surface area contributed by atoms with Crippen LogP contribution in [0, 0.1) is 17.6 Å². The smallest absolute Gasteiger partial charge is 0.129 e. The van der Waals surface area contributed by atoms with Crippen molar-refractivity contribution < 1.29 is 13.5 Å². The number of hydrogen-bond acceptors (Lipinski definition) is 3. The second kappa shape index (κ2) is 7.53. The first-order valence-corrected chi connectivity index (χ1v) is 6.51. The van der Waals surface area contributed by atoms with E-state index in [4.69, 9.17) is 10.6 Å². The van der Waals surface area contributed by atoms with Crippen molar-refractivity contribution in [1.82, 2.24) is 5.43 Å². The molecule has 0 bridgehead atoms. The third-order valence-electron chi connectivity index (χ3n) is 3.08. The summed E-state index contributed by atoms with van der Waals surface area (Å²) in [4.78, 5) is 0. The lowest BCUT2D eigenvalue weighted by Gasteiger charge is -2.29. The summed E-state index contributed by atoms with van der Waals surface area (Å²) >= 11 is 0. The number of rotatable bonds is 7. The average Bonchev–Trinajstić information content (AvgIpc) is 2.35. The van der Waals surface area contributed by atoms with Crippen LogP contribution in [0.5, 0.6) is 0 Å². The molecule has 0 aliphatic heterocycles. The van der Waals surface area contributed by atoms with Gasteiger partial charge in [0.25, 0.3) is 0 Å². The van der Waals surface area contributed by atoms with Crippen molar-refractivity contribution in [3.63, 3.8) is 0 Å². The largest absolute Gasteiger partial charge is 0.377 e. The molecule has 2 atom stereocenters. The molecule has 3 nitrogen and oxygen atoms in total. The van der Waals surface area contributed by atoms with Crippen molar-refractivity contribution in [1.29, 1.82) is 0 Å². The SMILES string of the molecule is CCOC(C(C)C)C(Cc1ccc(F)cc1F)NN. The number of hydrazine groups is 1. The van der Waals surface area contributed by atoms with E-state index in [0.29, 0.717) is 18.6 Å². The topological polar surface area (TPSA) is 47.3 Å². The lowest BCUT2D eigenvalue weighted by molar-refractivity contribution is 0.00339. The zero-order valence-electron chi connectivity index (χ0n) is 11.6. The third-order valence-corrected chi connectivity index (χ3v) is 3.08. The molecule has 5 heteroatoms. The van der Waals surface area contributed by atoms with Crippen molar-refractivity contribution in [2.45, 2.75) is 39.3 Å². The summed E-state index contributed by atoms with van der Waals surface area (Å²) in [7, 11) is 0. The Balaban J connectivity index is 2.85. The number of halogens is 2. The minimum atomic E-state index is -0.580. The first kappa shape index (κ1) is 16.0. The van der Waals surface area contributed by atoms with E-state index in [1.54, 1.807) is 0 Å². The summed E-state index contributed by atoms with van der Waals surface area (Å²) in [5, 5.41) is 0. The van der Waals surface area contributed by atoms with Crippen LogP contribution in [0.15, 0.2) is 18.2 Å². The van der Waals surface area contributed by atoms with Crippen LogP contribution in [0.3, 0.4) is 0 Å². The Labute approximate surface area is 113 Å². The van der Waals surface area contributed by atoms with Crippen molar-refractivity contribution >= 4 is 0 Å². The highest BCUT2D eigenvalue weighted by Gasteiger charge is 2.25. The van der Waals surface area contributed by atoms with Gasteiger partial charge in [0.2, 0.25) is 0 Å². The summed E-state index contributed by atoms with van der Waals surface area (Å²) in [6.07, 6.45) is 0.227. The Morgan fingerprint density at radius 3 is 2.47 bits per heavy atom. The summed E-state index contributed by atoms with van der Waals surface area (Å²) < 4.78 is 32.2. The zero-order chi connectivity index (χ0) is 14.4. The minimum Gasteiger partial charge on any atom is -0.377 e. The Kier molecular flexibility index (Phi) is 6.34. The third kappa shape index (κ3) is 4.53. The number of nitrogens with one attached hydrogen (secondary N) is 1. The van der Waals surface area contributed by atoms with E-state index < -0.39 is 11.6 Å². The van der Waals surface area contributed by atoms with Crippen LogP contribution >= 0.6 is 0 Å². The normalized spacial score (nSPS) is 14.7. The fourth-order valence-corrected chi connectivity index (χ4v) is 2.16. The number of nitrogens with two attached hydrogens (primary N) is 1. The van der Waals surface area contributed by atoms with Gasteiger partial charge in [0.15, 0.2) is 0 Å². The molecule has 108 valence electrons. The predicted molar refractivity (Wildman–Crippen MR) is 71.4 cm³/mol. The minimum absolute atomic E-state index is 0.126. The lowest BCUT2D eigenvalue weighted by Crippen LogP contribution is -2.49. The molecule has 1 aromatic rings. The molecule has 0 aromatic heterocycles. The molecule has 0 fully saturated rings. The Bertz CT molecular complexity index is 399. The van der Waals surface area contributed by atoms with E-state index in [1.165, 1.54) is 12.1 Å². The van der Waals surface area contributed by atoms with E-state index in [1.807, 2.05) is 20.8 Å². The van der Waals surface area contributed by atoms with Crippen molar-refractivity contribution in [2.24, 2.45) is 11.8 Å². The summed E-state index contributed by atoms with van der Waals surface area (Å²) in [5.74, 6) is 4.65. The van der Waals surface area contributed by atoms with Gasteiger partial charge in [-0.25, -0.2) is 8.78 Å². The van der Waals surface area contributed by atoms with E-state index >= 15 is 0 Å². The molecule has 0 aliphatic carbocycles. The first-order chi connectivity index (χ1) is 8.99. The summed E-state index contributed by atoms with van der Waals surface area (Å²) in [5.41, 5.74) is 3.10. The maximum Gasteiger partial charge on any atom is 0.129 e. The standard InChI is InChI=1S/C14H22F2N2O/c1-4-19-14(9(2)3)13(18-17)7-10-5-6-11(15)8-12(10)16/h5-6,8-9,13-14,18H,4,7,17H2,1-3H3. The summed E-state index contributed by atoms with van der Waals surface area (Å²) in [6.45, 7) is 6.51. The van der Waals surface area contributed by atoms with Crippen LogP contribution in [-0.2, 0) is 11.2 Å². The molecule has 1 rings (SSSR count). The van der Waals surface area contributed by atoms with E-state index in [-0.39, 0.29) is 18.1 Å². The second-order valence-electron chi connectivity index (χ2n) is 4.88. The van der Waals surface area contributed by atoms with Crippen molar-refractivity contribution in [3.05, 3.63) is 35.4 Å². The van der Waals surface area contributed by atoms with Gasteiger partial charge < -0.3 is 4.74 Å². The number of hydrogen-bond donors (Lipinski definition) is 2. The van der Waals surface area contributed by atoms with Gasteiger partial charge in [-0.2, -0.15) is 0 Å². The maximum absolute atomic E-state index is 13.6.